The number of carbonyl (C=O) groups is 3. The van der Waals surface area contributed by atoms with Gasteiger partial charge < -0.3 is 19.5 Å². The number of alkyl carbamates (subject to hydrolysis) is 1. The Hall–Kier alpha value is -2.28. The molecule has 0 fully saturated rings. The average molecular weight is 386 g/mol. The molecule has 8 heteroatoms. The van der Waals surface area contributed by atoms with Gasteiger partial charge in [-0.15, -0.1) is 0 Å². The topological polar surface area (TPSA) is 90.9 Å². The number of hydrogen-bond acceptors (Lipinski definition) is 6. The maximum absolute atomic E-state index is 11.7. The van der Waals surface area contributed by atoms with Crippen LogP contribution < -0.4 is 10.1 Å². The molecule has 7 nitrogen and oxygen atoms in total. The lowest BCUT2D eigenvalue weighted by Crippen LogP contribution is -2.33. The summed E-state index contributed by atoms with van der Waals surface area (Å²) < 4.78 is 15.2. The van der Waals surface area contributed by atoms with E-state index < -0.39 is 24.3 Å². The van der Waals surface area contributed by atoms with Crippen molar-refractivity contribution in [3.63, 3.8) is 0 Å². The van der Waals surface area contributed by atoms with Crippen LogP contribution in [0.3, 0.4) is 0 Å². The van der Waals surface area contributed by atoms with E-state index in [0.29, 0.717) is 23.6 Å². The van der Waals surface area contributed by atoms with Gasteiger partial charge in [-0.2, -0.15) is 0 Å². The van der Waals surface area contributed by atoms with E-state index >= 15 is 0 Å². The minimum atomic E-state index is -0.931. The zero-order valence-corrected chi connectivity index (χ0v) is 15.9. The number of carbonyl (C=O) groups excluding carboxylic acids is 3. The molecule has 0 radical (unpaired) electrons. The van der Waals surface area contributed by atoms with E-state index in [9.17, 15) is 14.4 Å². The Morgan fingerprint density at radius 1 is 1.12 bits per heavy atom. The first-order valence-corrected chi connectivity index (χ1v) is 8.80. The minimum absolute atomic E-state index is 0.127. The maximum Gasteiger partial charge on any atom is 0.410 e. The minimum Gasteiger partial charge on any atom is -0.427 e. The van der Waals surface area contributed by atoms with Crippen molar-refractivity contribution in [2.24, 2.45) is 5.92 Å². The van der Waals surface area contributed by atoms with E-state index in [1.807, 2.05) is 0 Å². The molecule has 1 rings (SSSR count). The lowest BCUT2D eigenvalue weighted by molar-refractivity contribution is -0.171. The fraction of sp³-hybridized carbons (Fsp3) is 0.500. The predicted octanol–water partition coefficient (Wildman–Crippen LogP) is 3.69. The van der Waals surface area contributed by atoms with E-state index in [1.54, 1.807) is 45.0 Å². The third-order valence-corrected chi connectivity index (χ3v) is 3.42. The van der Waals surface area contributed by atoms with Crippen molar-refractivity contribution >= 4 is 29.6 Å². The fourth-order valence-corrected chi connectivity index (χ4v) is 1.85. The summed E-state index contributed by atoms with van der Waals surface area (Å²) in [6, 6.07) is 6.44. The SMILES string of the molecule is CCC(OC(=O)NCCCC(=O)Oc1ccc(Cl)cc1)OC(=O)C(C)C. The highest BCUT2D eigenvalue weighted by Gasteiger charge is 2.19. The Bertz CT molecular complexity index is 602. The molecule has 0 aromatic heterocycles. The van der Waals surface area contributed by atoms with E-state index in [0.717, 1.165) is 0 Å². The Morgan fingerprint density at radius 2 is 1.77 bits per heavy atom. The third kappa shape index (κ3) is 8.71. The van der Waals surface area contributed by atoms with E-state index in [1.165, 1.54) is 0 Å². The number of nitrogens with one attached hydrogen (secondary N) is 1. The largest absolute Gasteiger partial charge is 0.427 e. The van der Waals surface area contributed by atoms with Gasteiger partial charge in [0.15, 0.2) is 0 Å². The quantitative estimate of drug-likeness (QED) is 0.302. The summed E-state index contributed by atoms with van der Waals surface area (Å²) in [7, 11) is 0. The average Bonchev–Trinajstić information content (AvgIpc) is 2.60. The zero-order chi connectivity index (χ0) is 19.5. The van der Waals surface area contributed by atoms with Gasteiger partial charge in [0.25, 0.3) is 0 Å². The van der Waals surface area contributed by atoms with Gasteiger partial charge in [-0.25, -0.2) is 4.79 Å². The highest BCUT2D eigenvalue weighted by atomic mass is 35.5. The highest BCUT2D eigenvalue weighted by molar-refractivity contribution is 6.30. The van der Waals surface area contributed by atoms with Gasteiger partial charge in [-0.05, 0) is 30.7 Å². The number of amides is 1. The Labute approximate surface area is 157 Å². The Morgan fingerprint density at radius 3 is 2.35 bits per heavy atom. The van der Waals surface area contributed by atoms with Gasteiger partial charge in [0.2, 0.25) is 6.29 Å². The number of halogens is 1. The van der Waals surface area contributed by atoms with Crippen LogP contribution in [-0.2, 0) is 19.1 Å². The summed E-state index contributed by atoms with van der Waals surface area (Å²) in [5, 5.41) is 3.05. The van der Waals surface area contributed by atoms with Crippen LogP contribution in [0.4, 0.5) is 4.79 Å². The van der Waals surface area contributed by atoms with Gasteiger partial charge in [0.1, 0.15) is 5.75 Å². The molecule has 1 amide bonds. The summed E-state index contributed by atoms with van der Waals surface area (Å²) in [6.45, 7) is 5.35. The molecule has 1 N–H and O–H groups in total. The first kappa shape index (κ1) is 21.8. The van der Waals surface area contributed by atoms with Crippen LogP contribution >= 0.6 is 11.6 Å². The van der Waals surface area contributed by atoms with Crippen molar-refractivity contribution in [1.29, 1.82) is 0 Å². The summed E-state index contributed by atoms with van der Waals surface area (Å²) in [6.07, 6.45) is -0.787. The molecule has 1 aromatic rings. The summed E-state index contributed by atoms with van der Waals surface area (Å²) in [4.78, 5) is 34.9. The predicted molar refractivity (Wildman–Crippen MR) is 95.8 cm³/mol. The van der Waals surface area contributed by atoms with Gasteiger partial charge >= 0.3 is 18.0 Å². The molecular formula is C18H24ClNO6. The summed E-state index contributed by atoms with van der Waals surface area (Å²) in [5.74, 6) is -0.749. The lowest BCUT2D eigenvalue weighted by atomic mass is 10.2. The van der Waals surface area contributed by atoms with Crippen molar-refractivity contribution in [3.8, 4) is 5.75 Å². The van der Waals surface area contributed by atoms with Gasteiger partial charge in [-0.3, -0.25) is 9.59 Å². The second-order valence-corrected chi connectivity index (χ2v) is 6.23. The first-order valence-electron chi connectivity index (χ1n) is 8.43. The Kier molecular flexibility index (Phi) is 9.51. The number of ether oxygens (including phenoxy) is 3. The maximum atomic E-state index is 11.7. The van der Waals surface area contributed by atoms with Crippen LogP contribution in [0.2, 0.25) is 5.02 Å². The Balaban J connectivity index is 2.23. The molecule has 0 saturated carbocycles. The van der Waals surface area contributed by atoms with Crippen molar-refractivity contribution in [2.45, 2.75) is 46.3 Å². The van der Waals surface area contributed by atoms with Crippen molar-refractivity contribution < 1.29 is 28.6 Å². The molecule has 0 heterocycles. The molecule has 1 unspecified atom stereocenters. The molecule has 0 spiro atoms. The summed E-state index contributed by atoms with van der Waals surface area (Å²) in [5.41, 5.74) is 0. The second kappa shape index (κ2) is 11.4. The molecule has 1 atom stereocenters. The van der Waals surface area contributed by atoms with Crippen molar-refractivity contribution in [2.75, 3.05) is 6.54 Å². The second-order valence-electron chi connectivity index (χ2n) is 5.79. The molecule has 0 saturated heterocycles. The standard InChI is InChI=1S/C18H24ClNO6/c1-4-16(25-17(22)12(2)3)26-18(23)20-11-5-6-15(21)24-14-9-7-13(19)8-10-14/h7-10,12,16H,4-6,11H2,1-3H3,(H,20,23). The third-order valence-electron chi connectivity index (χ3n) is 3.16. The van der Waals surface area contributed by atoms with Gasteiger partial charge in [-0.1, -0.05) is 32.4 Å². The molecule has 0 bridgehead atoms. The van der Waals surface area contributed by atoms with Crippen LogP contribution in [-0.4, -0.2) is 30.9 Å². The van der Waals surface area contributed by atoms with E-state index in [2.05, 4.69) is 5.32 Å². The molecule has 144 valence electrons. The molecular weight excluding hydrogens is 362 g/mol. The first-order chi connectivity index (χ1) is 12.3. The van der Waals surface area contributed by atoms with Crippen LogP contribution in [0.25, 0.3) is 0 Å². The van der Waals surface area contributed by atoms with Gasteiger partial charge in [0.05, 0.1) is 5.92 Å². The van der Waals surface area contributed by atoms with E-state index in [-0.39, 0.29) is 18.9 Å². The number of benzene rings is 1. The lowest BCUT2D eigenvalue weighted by Gasteiger charge is -2.18. The van der Waals surface area contributed by atoms with Crippen molar-refractivity contribution in [1.82, 2.24) is 5.32 Å². The normalized spacial score (nSPS) is 11.6. The van der Waals surface area contributed by atoms with Crippen molar-refractivity contribution in [3.05, 3.63) is 29.3 Å². The number of hydrogen-bond donors (Lipinski definition) is 1. The fourth-order valence-electron chi connectivity index (χ4n) is 1.73. The molecule has 0 aliphatic heterocycles. The molecule has 26 heavy (non-hydrogen) atoms. The molecule has 0 aliphatic carbocycles. The zero-order valence-electron chi connectivity index (χ0n) is 15.1. The number of esters is 2. The van der Waals surface area contributed by atoms with E-state index in [4.69, 9.17) is 25.8 Å². The monoisotopic (exact) mass is 385 g/mol. The number of rotatable bonds is 9. The smallest absolute Gasteiger partial charge is 0.410 e. The van der Waals surface area contributed by atoms with Crippen LogP contribution in [0.15, 0.2) is 24.3 Å². The highest BCUT2D eigenvalue weighted by Crippen LogP contribution is 2.16. The molecule has 1 aromatic carbocycles. The van der Waals surface area contributed by atoms with Crippen LogP contribution in [0.1, 0.15) is 40.0 Å². The van der Waals surface area contributed by atoms with Crippen LogP contribution in [0.5, 0.6) is 5.75 Å². The molecule has 0 aliphatic rings. The van der Waals surface area contributed by atoms with Gasteiger partial charge in [0, 0.05) is 24.4 Å². The van der Waals surface area contributed by atoms with Crippen LogP contribution in [0, 0.1) is 5.92 Å². The summed E-state index contributed by atoms with van der Waals surface area (Å²) >= 11 is 5.75.